The number of nitrogen functional groups attached to an aromatic ring is 2. The van der Waals surface area contributed by atoms with Gasteiger partial charge in [0.05, 0.1) is 5.52 Å². The summed E-state index contributed by atoms with van der Waals surface area (Å²) >= 11 is 0. The maximum Gasteiger partial charge on any atom is 0.179 e. The molecular formula is C14H15N5. The van der Waals surface area contributed by atoms with E-state index in [1.807, 2.05) is 30.3 Å². The maximum absolute atomic E-state index is 5.66. The van der Waals surface area contributed by atoms with Gasteiger partial charge in [0.25, 0.3) is 0 Å². The van der Waals surface area contributed by atoms with E-state index in [0.29, 0.717) is 11.5 Å². The average Bonchev–Trinajstić information content (AvgIpc) is 2.80. The minimum atomic E-state index is 0.490. The van der Waals surface area contributed by atoms with Crippen LogP contribution in [0.25, 0.3) is 11.2 Å². The number of hydrogen-bond donors (Lipinski definition) is 3. The number of nitrogens with one attached hydrogen (secondary N) is 1. The minimum absolute atomic E-state index is 0.490. The van der Waals surface area contributed by atoms with Crippen molar-refractivity contribution in [2.24, 2.45) is 0 Å². The average molecular weight is 253 g/mol. The van der Waals surface area contributed by atoms with Crippen LogP contribution in [0.15, 0.2) is 36.4 Å². The molecule has 0 saturated heterocycles. The summed E-state index contributed by atoms with van der Waals surface area (Å²) < 4.78 is 0. The molecule has 19 heavy (non-hydrogen) atoms. The molecule has 96 valence electrons. The van der Waals surface area contributed by atoms with Crippen molar-refractivity contribution in [3.8, 4) is 0 Å². The Bertz CT molecular complexity index is 699. The summed E-state index contributed by atoms with van der Waals surface area (Å²) in [5.74, 6) is 1.41. The number of H-pyrrole nitrogens is 1. The molecule has 0 saturated carbocycles. The molecule has 2 heterocycles. The van der Waals surface area contributed by atoms with Crippen molar-refractivity contribution in [3.63, 3.8) is 0 Å². The van der Waals surface area contributed by atoms with Crippen molar-refractivity contribution >= 4 is 22.7 Å². The van der Waals surface area contributed by atoms with Gasteiger partial charge >= 0.3 is 0 Å². The summed E-state index contributed by atoms with van der Waals surface area (Å²) in [6, 6.07) is 11.6. The Morgan fingerprint density at radius 3 is 2.47 bits per heavy atom. The number of nitrogens with zero attached hydrogens (tertiary/aromatic N) is 2. The Balaban J connectivity index is 1.76. The van der Waals surface area contributed by atoms with Crippen molar-refractivity contribution in [3.05, 3.63) is 47.8 Å². The molecule has 0 aliphatic rings. The number of fused-ring (bicyclic) bond motifs is 1. The molecular weight excluding hydrogens is 238 g/mol. The zero-order chi connectivity index (χ0) is 13.2. The lowest BCUT2D eigenvalue weighted by molar-refractivity contribution is 0.889. The van der Waals surface area contributed by atoms with Crippen molar-refractivity contribution < 1.29 is 0 Å². The summed E-state index contributed by atoms with van der Waals surface area (Å²) in [5.41, 5.74) is 14.9. The number of rotatable bonds is 3. The van der Waals surface area contributed by atoms with Gasteiger partial charge in [-0.1, -0.05) is 12.1 Å². The lowest BCUT2D eigenvalue weighted by Gasteiger charge is -1.99. The van der Waals surface area contributed by atoms with E-state index in [-0.39, 0.29) is 0 Å². The number of nitrogens with two attached hydrogens (primary N) is 2. The van der Waals surface area contributed by atoms with E-state index in [1.165, 1.54) is 5.56 Å². The smallest absolute Gasteiger partial charge is 0.179 e. The Hall–Kier alpha value is -2.56. The molecule has 2 aromatic heterocycles. The van der Waals surface area contributed by atoms with Crippen LogP contribution in [0.5, 0.6) is 0 Å². The molecule has 0 radical (unpaired) electrons. The lowest BCUT2D eigenvalue weighted by atomic mass is 10.1. The van der Waals surface area contributed by atoms with Crippen molar-refractivity contribution in [2.75, 3.05) is 11.5 Å². The monoisotopic (exact) mass is 253 g/mol. The van der Waals surface area contributed by atoms with Crippen molar-refractivity contribution in [2.45, 2.75) is 12.8 Å². The van der Waals surface area contributed by atoms with Crippen LogP contribution in [0.1, 0.15) is 11.4 Å². The first-order valence-electron chi connectivity index (χ1n) is 6.16. The zero-order valence-electron chi connectivity index (χ0n) is 10.4. The second kappa shape index (κ2) is 4.61. The van der Waals surface area contributed by atoms with Gasteiger partial charge in [-0.15, -0.1) is 0 Å². The molecule has 0 atom stereocenters. The predicted octanol–water partition coefficient (Wildman–Crippen LogP) is 1.91. The number of anilines is 2. The molecule has 0 fully saturated rings. The number of aromatic amines is 1. The van der Waals surface area contributed by atoms with Gasteiger partial charge in [-0.25, -0.2) is 9.97 Å². The molecule has 1 aromatic carbocycles. The standard InChI is InChI=1S/C14H15N5/c15-10-4-1-9(2-5-10)3-8-13-17-11-6-7-12(16)18-14(11)19-13/h1-2,4-7H,3,8,15H2,(H3,16,17,18,19). The van der Waals surface area contributed by atoms with Gasteiger partial charge in [-0.05, 0) is 36.2 Å². The van der Waals surface area contributed by atoms with Gasteiger partial charge < -0.3 is 16.5 Å². The Labute approximate surface area is 110 Å². The summed E-state index contributed by atoms with van der Waals surface area (Å²) in [7, 11) is 0. The maximum atomic E-state index is 5.66. The van der Waals surface area contributed by atoms with E-state index in [0.717, 1.165) is 29.9 Å². The van der Waals surface area contributed by atoms with Gasteiger partial charge in [-0.3, -0.25) is 0 Å². The molecule has 5 N–H and O–H groups in total. The van der Waals surface area contributed by atoms with Gasteiger partial charge in [0.1, 0.15) is 11.6 Å². The highest BCUT2D eigenvalue weighted by molar-refractivity contribution is 5.72. The molecule has 0 amide bonds. The van der Waals surface area contributed by atoms with E-state index in [1.54, 1.807) is 6.07 Å². The molecule has 3 aromatic rings. The Kier molecular flexibility index (Phi) is 2.79. The van der Waals surface area contributed by atoms with E-state index in [9.17, 15) is 0 Å². The second-order valence-electron chi connectivity index (χ2n) is 4.53. The van der Waals surface area contributed by atoms with Crippen LogP contribution in [-0.2, 0) is 12.8 Å². The largest absolute Gasteiger partial charge is 0.399 e. The Morgan fingerprint density at radius 2 is 1.68 bits per heavy atom. The van der Waals surface area contributed by atoms with Gasteiger partial charge in [0.2, 0.25) is 0 Å². The molecule has 0 aliphatic heterocycles. The van der Waals surface area contributed by atoms with Crippen LogP contribution in [0, 0.1) is 0 Å². The molecule has 0 spiro atoms. The fourth-order valence-corrected chi connectivity index (χ4v) is 2.02. The number of benzene rings is 1. The molecule has 0 bridgehead atoms. The fourth-order valence-electron chi connectivity index (χ4n) is 2.02. The van der Waals surface area contributed by atoms with E-state index in [4.69, 9.17) is 11.5 Å². The number of pyridine rings is 1. The SMILES string of the molecule is Nc1ccc(CCc2nc3nc(N)ccc3[nH]2)cc1. The molecule has 5 heteroatoms. The highest BCUT2D eigenvalue weighted by Gasteiger charge is 2.04. The first-order chi connectivity index (χ1) is 9.20. The van der Waals surface area contributed by atoms with Crippen LogP contribution in [-0.4, -0.2) is 15.0 Å². The highest BCUT2D eigenvalue weighted by Crippen LogP contribution is 2.13. The van der Waals surface area contributed by atoms with Gasteiger partial charge in [-0.2, -0.15) is 0 Å². The van der Waals surface area contributed by atoms with Crippen LogP contribution < -0.4 is 11.5 Å². The third kappa shape index (κ3) is 2.49. The summed E-state index contributed by atoms with van der Waals surface area (Å²) in [4.78, 5) is 11.9. The first-order valence-corrected chi connectivity index (χ1v) is 6.16. The fraction of sp³-hybridized carbons (Fsp3) is 0.143. The number of aryl methyl sites for hydroxylation is 2. The minimum Gasteiger partial charge on any atom is -0.399 e. The van der Waals surface area contributed by atoms with Crippen LogP contribution in [0.4, 0.5) is 11.5 Å². The Morgan fingerprint density at radius 1 is 0.895 bits per heavy atom. The van der Waals surface area contributed by atoms with Gasteiger partial charge in [0.15, 0.2) is 5.65 Å². The van der Waals surface area contributed by atoms with E-state index < -0.39 is 0 Å². The first kappa shape index (κ1) is 11.5. The van der Waals surface area contributed by atoms with E-state index in [2.05, 4.69) is 15.0 Å². The van der Waals surface area contributed by atoms with E-state index >= 15 is 0 Å². The molecule has 0 unspecified atom stereocenters. The number of hydrogen-bond acceptors (Lipinski definition) is 4. The van der Waals surface area contributed by atoms with Gasteiger partial charge in [0, 0.05) is 12.1 Å². The zero-order valence-corrected chi connectivity index (χ0v) is 10.4. The summed E-state index contributed by atoms with van der Waals surface area (Å²) in [5, 5.41) is 0. The summed E-state index contributed by atoms with van der Waals surface area (Å²) in [6.45, 7) is 0. The molecule has 0 aliphatic carbocycles. The quantitative estimate of drug-likeness (QED) is 0.621. The highest BCUT2D eigenvalue weighted by atomic mass is 15.0. The summed E-state index contributed by atoms with van der Waals surface area (Å²) in [6.07, 6.45) is 1.75. The second-order valence-corrected chi connectivity index (χ2v) is 4.53. The van der Waals surface area contributed by atoms with Crippen LogP contribution in [0.2, 0.25) is 0 Å². The third-order valence-electron chi connectivity index (χ3n) is 3.05. The van der Waals surface area contributed by atoms with Crippen molar-refractivity contribution in [1.29, 1.82) is 0 Å². The van der Waals surface area contributed by atoms with Crippen LogP contribution >= 0.6 is 0 Å². The topological polar surface area (TPSA) is 93.6 Å². The number of imidazole rings is 1. The predicted molar refractivity (Wildman–Crippen MR) is 76.6 cm³/mol. The normalized spacial score (nSPS) is 10.9. The van der Waals surface area contributed by atoms with Crippen molar-refractivity contribution in [1.82, 2.24) is 15.0 Å². The lowest BCUT2D eigenvalue weighted by Crippen LogP contribution is -1.94. The third-order valence-corrected chi connectivity index (χ3v) is 3.05. The molecule has 3 rings (SSSR count). The molecule has 5 nitrogen and oxygen atoms in total. The number of aromatic nitrogens is 3. The van der Waals surface area contributed by atoms with Crippen LogP contribution in [0.3, 0.4) is 0 Å².